The highest BCUT2D eigenvalue weighted by Crippen LogP contribution is 2.27. The summed E-state index contributed by atoms with van der Waals surface area (Å²) >= 11 is 1.80. The molecule has 0 amide bonds. The van der Waals surface area contributed by atoms with Crippen molar-refractivity contribution < 1.29 is 4.57 Å². The second-order valence-corrected chi connectivity index (χ2v) is 4.94. The zero-order chi connectivity index (χ0) is 11.2. The van der Waals surface area contributed by atoms with Gasteiger partial charge in [-0.1, -0.05) is 23.2 Å². The van der Waals surface area contributed by atoms with Gasteiger partial charge in [0, 0.05) is 11.9 Å². The van der Waals surface area contributed by atoms with Gasteiger partial charge in [-0.2, -0.15) is 3.97 Å². The van der Waals surface area contributed by atoms with Crippen molar-refractivity contribution in [2.75, 3.05) is 0 Å². The molecule has 4 rings (SSSR count). The Morgan fingerprint density at radius 2 is 2.00 bits per heavy atom. The standard InChI is InChI=1S/C13H10N3S/c1-2-7-12-11(6-1)14-13-15-8-4-3-5-10(15)9-17-16(12)13/h1-8H,9H2/q+1. The number of rotatable bonds is 0. The second kappa shape index (κ2) is 3.34. The summed E-state index contributed by atoms with van der Waals surface area (Å²) in [6.07, 6.45) is 2.08. The zero-order valence-corrected chi connectivity index (χ0v) is 9.89. The van der Waals surface area contributed by atoms with Crippen LogP contribution in [0.4, 0.5) is 0 Å². The van der Waals surface area contributed by atoms with Crippen molar-refractivity contribution in [2.45, 2.75) is 5.75 Å². The quantitative estimate of drug-likeness (QED) is 0.562. The second-order valence-electron chi connectivity index (χ2n) is 4.03. The molecular formula is C13H10N3S+. The predicted molar refractivity (Wildman–Crippen MR) is 68.0 cm³/mol. The smallest absolute Gasteiger partial charge is 0.204 e. The van der Waals surface area contributed by atoms with Gasteiger partial charge in [0.15, 0.2) is 11.0 Å². The van der Waals surface area contributed by atoms with Crippen molar-refractivity contribution in [3.63, 3.8) is 0 Å². The van der Waals surface area contributed by atoms with Crippen molar-refractivity contribution in [2.24, 2.45) is 0 Å². The van der Waals surface area contributed by atoms with Gasteiger partial charge in [0.05, 0.1) is 17.6 Å². The minimum Gasteiger partial charge on any atom is -0.204 e. The lowest BCUT2D eigenvalue weighted by Crippen LogP contribution is -2.40. The van der Waals surface area contributed by atoms with Crippen molar-refractivity contribution >= 4 is 23.0 Å². The highest BCUT2D eigenvalue weighted by atomic mass is 32.2. The monoisotopic (exact) mass is 240 g/mol. The maximum Gasteiger partial charge on any atom is 0.415 e. The summed E-state index contributed by atoms with van der Waals surface area (Å²) in [6.45, 7) is 0. The van der Waals surface area contributed by atoms with Crippen molar-refractivity contribution in [1.82, 2.24) is 8.96 Å². The number of para-hydroxylation sites is 2. The summed E-state index contributed by atoms with van der Waals surface area (Å²) in [6, 6.07) is 14.5. The number of imidazole rings is 1. The van der Waals surface area contributed by atoms with Crippen LogP contribution in [0.25, 0.3) is 17.0 Å². The number of aromatic nitrogens is 3. The minimum atomic E-state index is 0.980. The topological polar surface area (TPSA) is 21.7 Å². The Labute approximate surface area is 103 Å². The first-order valence-electron chi connectivity index (χ1n) is 5.54. The van der Waals surface area contributed by atoms with E-state index in [1.54, 1.807) is 11.9 Å². The van der Waals surface area contributed by atoms with Crippen LogP contribution in [0.2, 0.25) is 0 Å². The number of benzene rings is 1. The number of fused-ring (bicyclic) bond motifs is 5. The van der Waals surface area contributed by atoms with E-state index in [0.717, 1.165) is 17.2 Å². The zero-order valence-electron chi connectivity index (χ0n) is 9.08. The van der Waals surface area contributed by atoms with Crippen molar-refractivity contribution in [1.29, 1.82) is 0 Å². The van der Waals surface area contributed by atoms with Gasteiger partial charge in [-0.15, -0.1) is 0 Å². The van der Waals surface area contributed by atoms with E-state index >= 15 is 0 Å². The highest BCUT2D eigenvalue weighted by Gasteiger charge is 2.28. The molecule has 2 aromatic heterocycles. The summed E-state index contributed by atoms with van der Waals surface area (Å²) in [5, 5.41) is 0. The third-order valence-electron chi connectivity index (χ3n) is 3.00. The van der Waals surface area contributed by atoms with Crippen molar-refractivity contribution in [3.05, 3.63) is 54.4 Å². The number of pyridine rings is 1. The maximum atomic E-state index is 4.70. The average Bonchev–Trinajstić information content (AvgIpc) is 2.78. The van der Waals surface area contributed by atoms with Gasteiger partial charge in [-0.3, -0.25) is 0 Å². The number of nitrogens with zero attached hydrogens (tertiary/aromatic N) is 3. The molecule has 0 bridgehead atoms. The number of hydrogen-bond acceptors (Lipinski definition) is 2. The maximum absolute atomic E-state index is 4.70. The van der Waals surface area contributed by atoms with E-state index in [9.17, 15) is 0 Å². The largest absolute Gasteiger partial charge is 0.415 e. The van der Waals surface area contributed by atoms with Crippen LogP contribution in [0.15, 0.2) is 48.7 Å². The molecule has 1 aliphatic rings. The van der Waals surface area contributed by atoms with Crippen molar-refractivity contribution in [3.8, 4) is 5.95 Å². The van der Waals surface area contributed by atoms with E-state index in [0.29, 0.717) is 0 Å². The predicted octanol–water partition coefficient (Wildman–Crippen LogP) is 2.32. The third kappa shape index (κ3) is 1.24. The molecule has 0 radical (unpaired) electrons. The Kier molecular flexibility index (Phi) is 1.82. The fraction of sp³-hybridized carbons (Fsp3) is 0.0769. The van der Waals surface area contributed by atoms with E-state index in [2.05, 4.69) is 45.1 Å². The van der Waals surface area contributed by atoms with Crippen LogP contribution >= 0.6 is 11.9 Å². The molecule has 0 aliphatic carbocycles. The summed E-state index contributed by atoms with van der Waals surface area (Å²) in [5.74, 6) is 1.98. The molecule has 0 spiro atoms. The molecule has 3 aromatic rings. The Morgan fingerprint density at radius 3 is 3.00 bits per heavy atom. The molecule has 0 fully saturated rings. The average molecular weight is 240 g/mol. The molecule has 0 saturated heterocycles. The van der Waals surface area contributed by atoms with Crippen LogP contribution in [0.3, 0.4) is 0 Å². The van der Waals surface area contributed by atoms with Crippen LogP contribution in [-0.4, -0.2) is 8.96 Å². The molecule has 0 saturated carbocycles. The first kappa shape index (κ1) is 9.24. The van der Waals surface area contributed by atoms with E-state index < -0.39 is 0 Å². The first-order valence-corrected chi connectivity index (χ1v) is 6.48. The summed E-state index contributed by atoms with van der Waals surface area (Å²) in [4.78, 5) is 4.70. The molecule has 3 nitrogen and oxygen atoms in total. The minimum absolute atomic E-state index is 0.980. The lowest BCUT2D eigenvalue weighted by molar-refractivity contribution is -0.612. The van der Waals surface area contributed by atoms with E-state index in [-0.39, 0.29) is 0 Å². The van der Waals surface area contributed by atoms with Gasteiger partial charge in [0.1, 0.15) is 0 Å². The van der Waals surface area contributed by atoms with Crippen LogP contribution in [0.1, 0.15) is 5.69 Å². The molecule has 17 heavy (non-hydrogen) atoms. The Morgan fingerprint density at radius 1 is 1.12 bits per heavy atom. The van der Waals surface area contributed by atoms with Gasteiger partial charge in [-0.25, -0.2) is 4.57 Å². The molecule has 0 unspecified atom stereocenters. The number of hydrogen-bond donors (Lipinski definition) is 0. The van der Waals surface area contributed by atoms with E-state index in [1.807, 2.05) is 12.1 Å². The van der Waals surface area contributed by atoms with Crippen LogP contribution < -0.4 is 4.57 Å². The van der Waals surface area contributed by atoms with Crippen LogP contribution in [0.5, 0.6) is 0 Å². The lowest BCUT2D eigenvalue weighted by Gasteiger charge is -2.11. The fourth-order valence-corrected chi connectivity index (χ4v) is 3.23. The summed E-state index contributed by atoms with van der Waals surface area (Å²) in [7, 11) is 0. The molecule has 3 heterocycles. The normalized spacial score (nSPS) is 13.4. The molecule has 0 N–H and O–H groups in total. The lowest BCUT2D eigenvalue weighted by atomic mass is 10.3. The Hall–Kier alpha value is -1.81. The molecule has 0 atom stereocenters. The van der Waals surface area contributed by atoms with Crippen LogP contribution in [0, 0.1) is 0 Å². The fourth-order valence-electron chi connectivity index (χ4n) is 2.19. The molecule has 1 aliphatic heterocycles. The highest BCUT2D eigenvalue weighted by molar-refractivity contribution is 7.97. The SMILES string of the molecule is c1cc[n+]2c(c1)CSn1c-2nc2ccccc21. The molecular weight excluding hydrogens is 230 g/mol. The van der Waals surface area contributed by atoms with Gasteiger partial charge in [0.25, 0.3) is 0 Å². The molecule has 1 aromatic carbocycles. The van der Waals surface area contributed by atoms with Gasteiger partial charge >= 0.3 is 5.95 Å². The summed E-state index contributed by atoms with van der Waals surface area (Å²) < 4.78 is 4.37. The van der Waals surface area contributed by atoms with E-state index in [1.165, 1.54) is 11.2 Å². The first-order chi connectivity index (χ1) is 8.43. The van der Waals surface area contributed by atoms with E-state index in [4.69, 9.17) is 4.98 Å². The van der Waals surface area contributed by atoms with Gasteiger partial charge in [0.2, 0.25) is 0 Å². The Bertz CT molecular complexity index is 718. The van der Waals surface area contributed by atoms with Gasteiger partial charge < -0.3 is 0 Å². The van der Waals surface area contributed by atoms with Gasteiger partial charge in [-0.05, 0) is 24.3 Å². The summed E-state index contributed by atoms with van der Waals surface area (Å²) in [5.41, 5.74) is 3.54. The molecule has 82 valence electrons. The Balaban J connectivity index is 2.10. The molecule has 4 heteroatoms. The van der Waals surface area contributed by atoms with Crippen LogP contribution in [-0.2, 0) is 5.75 Å². The third-order valence-corrected chi connectivity index (χ3v) is 4.05.